The molecule has 1 saturated carbocycles. The van der Waals surface area contributed by atoms with Crippen LogP contribution in [-0.4, -0.2) is 41.4 Å². The van der Waals surface area contributed by atoms with Crippen LogP contribution in [0.4, 0.5) is 0 Å². The highest BCUT2D eigenvalue weighted by molar-refractivity contribution is 5.90. The molecule has 0 aromatic heterocycles. The summed E-state index contributed by atoms with van der Waals surface area (Å²) >= 11 is 0. The summed E-state index contributed by atoms with van der Waals surface area (Å²) in [5.41, 5.74) is 5.35. The summed E-state index contributed by atoms with van der Waals surface area (Å²) in [5, 5.41) is 3.06. The predicted octanol–water partition coefficient (Wildman–Crippen LogP) is 1.02. The zero-order valence-electron chi connectivity index (χ0n) is 12.7. The third-order valence-electron chi connectivity index (χ3n) is 4.40. The van der Waals surface area contributed by atoms with Gasteiger partial charge in [-0.1, -0.05) is 13.3 Å². The van der Waals surface area contributed by atoms with E-state index in [1.807, 2.05) is 6.92 Å². The van der Waals surface area contributed by atoms with Crippen LogP contribution in [0, 0.1) is 5.92 Å². The quantitative estimate of drug-likeness (QED) is 0.790. The highest BCUT2D eigenvalue weighted by Crippen LogP contribution is 2.35. The van der Waals surface area contributed by atoms with E-state index in [2.05, 4.69) is 12.2 Å². The van der Waals surface area contributed by atoms with Crippen LogP contribution in [0.2, 0.25) is 0 Å². The SMILES string of the molecule is CCCC(C)NC(=O)C1CCCN(C(=O)C2(N)CC2)C1. The minimum absolute atomic E-state index is 0.0385. The normalized spacial score (nSPS) is 25.9. The molecule has 1 aliphatic carbocycles. The first kappa shape index (κ1) is 15.3. The molecule has 5 heteroatoms. The molecule has 0 aromatic rings. The summed E-state index contributed by atoms with van der Waals surface area (Å²) in [5.74, 6) is 0.0521. The Labute approximate surface area is 121 Å². The molecule has 2 unspecified atom stereocenters. The second-order valence-electron chi connectivity index (χ2n) is 6.44. The molecule has 5 nitrogen and oxygen atoms in total. The number of nitrogens with zero attached hydrogens (tertiary/aromatic N) is 1. The Morgan fingerprint density at radius 1 is 1.45 bits per heavy atom. The van der Waals surface area contributed by atoms with Crippen LogP contribution in [0.3, 0.4) is 0 Å². The summed E-state index contributed by atoms with van der Waals surface area (Å²) in [7, 11) is 0. The molecule has 2 aliphatic rings. The molecule has 114 valence electrons. The largest absolute Gasteiger partial charge is 0.353 e. The van der Waals surface area contributed by atoms with Gasteiger partial charge in [-0.25, -0.2) is 0 Å². The molecule has 1 saturated heterocycles. The molecule has 0 bridgehead atoms. The zero-order chi connectivity index (χ0) is 14.8. The molecule has 2 fully saturated rings. The fraction of sp³-hybridized carbons (Fsp3) is 0.867. The van der Waals surface area contributed by atoms with Gasteiger partial charge in [-0.15, -0.1) is 0 Å². The monoisotopic (exact) mass is 281 g/mol. The minimum atomic E-state index is -0.617. The topological polar surface area (TPSA) is 75.4 Å². The molecule has 1 aliphatic heterocycles. The number of rotatable bonds is 5. The van der Waals surface area contributed by atoms with Crippen molar-refractivity contribution in [2.45, 2.75) is 64.0 Å². The van der Waals surface area contributed by atoms with Crippen LogP contribution >= 0.6 is 0 Å². The number of carbonyl (C=O) groups is 2. The van der Waals surface area contributed by atoms with Crippen molar-refractivity contribution >= 4 is 11.8 Å². The maximum absolute atomic E-state index is 12.2. The van der Waals surface area contributed by atoms with Gasteiger partial charge in [0.15, 0.2) is 0 Å². The van der Waals surface area contributed by atoms with Crippen LogP contribution in [0.5, 0.6) is 0 Å². The van der Waals surface area contributed by atoms with E-state index >= 15 is 0 Å². The van der Waals surface area contributed by atoms with Gasteiger partial charge in [0.05, 0.1) is 11.5 Å². The molecule has 2 atom stereocenters. The lowest BCUT2D eigenvalue weighted by molar-refractivity contribution is -0.137. The summed E-state index contributed by atoms with van der Waals surface area (Å²) < 4.78 is 0. The number of likely N-dealkylation sites (tertiary alicyclic amines) is 1. The van der Waals surface area contributed by atoms with Crippen LogP contribution < -0.4 is 11.1 Å². The van der Waals surface area contributed by atoms with Gasteiger partial charge >= 0.3 is 0 Å². The maximum atomic E-state index is 12.2. The van der Waals surface area contributed by atoms with Crippen LogP contribution in [0.1, 0.15) is 52.4 Å². The minimum Gasteiger partial charge on any atom is -0.353 e. The van der Waals surface area contributed by atoms with E-state index in [1.165, 1.54) is 0 Å². The van der Waals surface area contributed by atoms with Crippen molar-refractivity contribution < 1.29 is 9.59 Å². The van der Waals surface area contributed by atoms with E-state index < -0.39 is 5.54 Å². The highest BCUT2D eigenvalue weighted by Gasteiger charge is 2.49. The Morgan fingerprint density at radius 3 is 2.75 bits per heavy atom. The fourth-order valence-electron chi connectivity index (χ4n) is 2.90. The van der Waals surface area contributed by atoms with Crippen LogP contribution in [-0.2, 0) is 9.59 Å². The summed E-state index contributed by atoms with van der Waals surface area (Å²) in [6.07, 6.45) is 5.38. The second-order valence-corrected chi connectivity index (χ2v) is 6.44. The Balaban J connectivity index is 1.86. The maximum Gasteiger partial charge on any atom is 0.242 e. The standard InChI is InChI=1S/C15H27N3O2/c1-3-5-11(2)17-13(19)12-6-4-9-18(10-12)14(20)15(16)7-8-15/h11-12H,3-10,16H2,1-2H3,(H,17,19). The van der Waals surface area contributed by atoms with Crippen molar-refractivity contribution in [3.05, 3.63) is 0 Å². The molecule has 3 N–H and O–H groups in total. The molecule has 2 rings (SSSR count). The lowest BCUT2D eigenvalue weighted by Gasteiger charge is -2.34. The van der Waals surface area contributed by atoms with Gasteiger partial charge in [-0.3, -0.25) is 9.59 Å². The molecular weight excluding hydrogens is 254 g/mol. The van der Waals surface area contributed by atoms with Crippen molar-refractivity contribution in [1.82, 2.24) is 10.2 Å². The first-order chi connectivity index (χ1) is 9.46. The summed E-state index contributed by atoms with van der Waals surface area (Å²) in [4.78, 5) is 26.3. The third kappa shape index (κ3) is 3.51. The van der Waals surface area contributed by atoms with Gasteiger partial charge in [-0.2, -0.15) is 0 Å². The molecule has 20 heavy (non-hydrogen) atoms. The molecule has 0 aromatic carbocycles. The van der Waals surface area contributed by atoms with E-state index in [4.69, 9.17) is 5.73 Å². The third-order valence-corrected chi connectivity index (χ3v) is 4.40. The number of nitrogens with two attached hydrogens (primary N) is 1. The Morgan fingerprint density at radius 2 is 2.15 bits per heavy atom. The van der Waals surface area contributed by atoms with E-state index in [-0.39, 0.29) is 23.8 Å². The summed E-state index contributed by atoms with van der Waals surface area (Å²) in [6, 6.07) is 0.211. The van der Waals surface area contributed by atoms with E-state index in [1.54, 1.807) is 4.90 Å². The highest BCUT2D eigenvalue weighted by atomic mass is 16.2. The molecule has 0 radical (unpaired) electrons. The number of hydrogen-bond donors (Lipinski definition) is 2. The average Bonchev–Trinajstić information content (AvgIpc) is 3.17. The molecule has 2 amide bonds. The first-order valence-corrected chi connectivity index (χ1v) is 7.85. The van der Waals surface area contributed by atoms with Crippen molar-refractivity contribution in [3.63, 3.8) is 0 Å². The van der Waals surface area contributed by atoms with Gasteiger partial charge in [0.25, 0.3) is 0 Å². The Kier molecular flexibility index (Phi) is 4.68. The lowest BCUT2D eigenvalue weighted by atomic mass is 9.96. The van der Waals surface area contributed by atoms with E-state index in [0.717, 1.165) is 45.1 Å². The predicted molar refractivity (Wildman–Crippen MR) is 78.0 cm³/mol. The number of carbonyl (C=O) groups excluding carboxylic acids is 2. The molecular formula is C15H27N3O2. The average molecular weight is 281 g/mol. The van der Waals surface area contributed by atoms with E-state index in [0.29, 0.717) is 6.54 Å². The van der Waals surface area contributed by atoms with Gasteiger partial charge in [0.1, 0.15) is 0 Å². The number of nitrogens with one attached hydrogen (secondary N) is 1. The lowest BCUT2D eigenvalue weighted by Crippen LogP contribution is -2.52. The number of amides is 2. The fourth-order valence-corrected chi connectivity index (χ4v) is 2.90. The summed E-state index contributed by atoms with van der Waals surface area (Å²) in [6.45, 7) is 5.42. The van der Waals surface area contributed by atoms with Crippen molar-refractivity contribution in [3.8, 4) is 0 Å². The number of hydrogen-bond acceptors (Lipinski definition) is 3. The zero-order valence-corrected chi connectivity index (χ0v) is 12.7. The van der Waals surface area contributed by atoms with Gasteiger partial charge in [0, 0.05) is 19.1 Å². The smallest absolute Gasteiger partial charge is 0.242 e. The molecule has 0 spiro atoms. The number of piperidine rings is 1. The van der Waals surface area contributed by atoms with Gasteiger partial charge in [-0.05, 0) is 39.0 Å². The Bertz CT molecular complexity index is 379. The first-order valence-electron chi connectivity index (χ1n) is 7.85. The van der Waals surface area contributed by atoms with Crippen molar-refractivity contribution in [2.75, 3.05) is 13.1 Å². The van der Waals surface area contributed by atoms with E-state index in [9.17, 15) is 9.59 Å². The van der Waals surface area contributed by atoms with Crippen molar-refractivity contribution in [2.24, 2.45) is 11.7 Å². The second kappa shape index (κ2) is 6.12. The van der Waals surface area contributed by atoms with Crippen molar-refractivity contribution in [1.29, 1.82) is 0 Å². The van der Waals surface area contributed by atoms with Gasteiger partial charge < -0.3 is 16.0 Å². The Hall–Kier alpha value is -1.10. The molecule has 1 heterocycles. The van der Waals surface area contributed by atoms with Gasteiger partial charge in [0.2, 0.25) is 11.8 Å². The van der Waals surface area contributed by atoms with Crippen LogP contribution in [0.15, 0.2) is 0 Å². The van der Waals surface area contributed by atoms with Crippen LogP contribution in [0.25, 0.3) is 0 Å².